The Morgan fingerprint density at radius 1 is 1.32 bits per heavy atom. The molecule has 1 aromatic heterocycles. The number of hydrogen-bond donors (Lipinski definition) is 2. The van der Waals surface area contributed by atoms with Gasteiger partial charge in [0, 0.05) is 24.3 Å². The van der Waals surface area contributed by atoms with Crippen LogP contribution in [0.5, 0.6) is 0 Å². The molecule has 0 saturated carbocycles. The van der Waals surface area contributed by atoms with E-state index in [1.165, 1.54) is 35.7 Å². The Morgan fingerprint density at radius 2 is 2.32 bits per heavy atom. The van der Waals surface area contributed by atoms with Crippen LogP contribution < -0.4 is 10.6 Å². The number of aromatic nitrogens is 1. The van der Waals surface area contributed by atoms with E-state index in [0.717, 1.165) is 25.6 Å². The molecule has 1 unspecified atom stereocenters. The van der Waals surface area contributed by atoms with Crippen molar-refractivity contribution < 1.29 is 0 Å². The third-order valence-corrected chi connectivity index (χ3v) is 3.92. The van der Waals surface area contributed by atoms with Gasteiger partial charge >= 0.3 is 0 Å². The lowest BCUT2D eigenvalue weighted by Crippen LogP contribution is -2.35. The highest BCUT2D eigenvalue weighted by molar-refractivity contribution is 5.84. The third kappa shape index (κ3) is 3.11. The molecule has 1 aliphatic heterocycles. The average Bonchev–Trinajstić information content (AvgIpc) is 2.49. The van der Waals surface area contributed by atoms with Gasteiger partial charge < -0.3 is 10.6 Å². The summed E-state index contributed by atoms with van der Waals surface area (Å²) in [6.07, 6.45) is 6.46. The lowest BCUT2D eigenvalue weighted by atomic mass is 9.99. The van der Waals surface area contributed by atoms with Crippen LogP contribution in [0.2, 0.25) is 0 Å². The quantitative estimate of drug-likeness (QED) is 0.880. The lowest BCUT2D eigenvalue weighted by Gasteiger charge is -2.23. The Morgan fingerprint density at radius 3 is 3.21 bits per heavy atom. The standard InChI is InChI=1S/C16H21N3/c1-4-14-11-18-8-6-16(14)15(5-1)12-19-10-13-3-2-7-17-9-13/h1,4-6,8,11,13,17,19H,2-3,7,9-10,12H2. The van der Waals surface area contributed by atoms with Crippen molar-refractivity contribution in [3.8, 4) is 0 Å². The second kappa shape index (κ2) is 6.13. The summed E-state index contributed by atoms with van der Waals surface area (Å²) in [6, 6.07) is 8.54. The van der Waals surface area contributed by atoms with E-state index >= 15 is 0 Å². The molecule has 1 fully saturated rings. The number of fused-ring (bicyclic) bond motifs is 1. The van der Waals surface area contributed by atoms with Crippen molar-refractivity contribution in [3.63, 3.8) is 0 Å². The van der Waals surface area contributed by atoms with Crippen molar-refractivity contribution in [2.75, 3.05) is 19.6 Å². The molecule has 3 heteroatoms. The zero-order valence-electron chi connectivity index (χ0n) is 11.2. The van der Waals surface area contributed by atoms with Crippen LogP contribution in [-0.4, -0.2) is 24.6 Å². The zero-order chi connectivity index (χ0) is 12.9. The van der Waals surface area contributed by atoms with Crippen molar-refractivity contribution in [2.24, 2.45) is 5.92 Å². The summed E-state index contributed by atoms with van der Waals surface area (Å²) in [5.74, 6) is 0.783. The molecule has 0 bridgehead atoms. The van der Waals surface area contributed by atoms with E-state index < -0.39 is 0 Å². The van der Waals surface area contributed by atoms with Crippen LogP contribution >= 0.6 is 0 Å². The number of pyridine rings is 1. The Hall–Kier alpha value is -1.45. The molecule has 1 atom stereocenters. The fourth-order valence-corrected chi connectivity index (χ4v) is 2.85. The third-order valence-electron chi connectivity index (χ3n) is 3.92. The van der Waals surface area contributed by atoms with E-state index in [2.05, 4.69) is 39.9 Å². The largest absolute Gasteiger partial charge is 0.316 e. The summed E-state index contributed by atoms with van der Waals surface area (Å²) < 4.78 is 0. The molecule has 2 N–H and O–H groups in total. The van der Waals surface area contributed by atoms with E-state index in [1.807, 2.05) is 12.4 Å². The summed E-state index contributed by atoms with van der Waals surface area (Å²) in [5.41, 5.74) is 1.36. The Labute approximate surface area is 114 Å². The van der Waals surface area contributed by atoms with Crippen molar-refractivity contribution in [1.82, 2.24) is 15.6 Å². The van der Waals surface area contributed by atoms with Gasteiger partial charge in [0.25, 0.3) is 0 Å². The molecule has 1 saturated heterocycles. The number of hydrogen-bond acceptors (Lipinski definition) is 3. The first-order chi connectivity index (χ1) is 9.43. The maximum Gasteiger partial charge on any atom is 0.0346 e. The summed E-state index contributed by atoms with van der Waals surface area (Å²) in [4.78, 5) is 4.18. The number of nitrogens with zero attached hydrogens (tertiary/aromatic N) is 1. The fraction of sp³-hybridized carbons (Fsp3) is 0.438. The van der Waals surface area contributed by atoms with Gasteiger partial charge in [-0.05, 0) is 55.4 Å². The van der Waals surface area contributed by atoms with Gasteiger partial charge in [0.2, 0.25) is 0 Å². The molecule has 0 radical (unpaired) electrons. The number of piperidine rings is 1. The first kappa shape index (κ1) is 12.6. The van der Waals surface area contributed by atoms with Crippen molar-refractivity contribution >= 4 is 10.8 Å². The zero-order valence-corrected chi connectivity index (χ0v) is 11.2. The molecule has 1 aromatic carbocycles. The maximum atomic E-state index is 4.18. The molecular formula is C16H21N3. The second-order valence-corrected chi connectivity index (χ2v) is 5.36. The minimum atomic E-state index is 0.783. The predicted molar refractivity (Wildman–Crippen MR) is 79.0 cm³/mol. The van der Waals surface area contributed by atoms with Crippen molar-refractivity contribution in [1.29, 1.82) is 0 Å². The monoisotopic (exact) mass is 255 g/mol. The maximum absolute atomic E-state index is 4.18. The van der Waals surface area contributed by atoms with E-state index in [-0.39, 0.29) is 0 Å². The van der Waals surface area contributed by atoms with Crippen molar-refractivity contribution in [2.45, 2.75) is 19.4 Å². The normalized spacial score (nSPS) is 19.7. The Bertz CT molecular complexity index is 527. The molecule has 3 rings (SSSR count). The van der Waals surface area contributed by atoms with Gasteiger partial charge in [-0.2, -0.15) is 0 Å². The Kier molecular flexibility index (Phi) is 4.06. The van der Waals surface area contributed by atoms with E-state index in [9.17, 15) is 0 Å². The first-order valence-electron chi connectivity index (χ1n) is 7.16. The van der Waals surface area contributed by atoms with Gasteiger partial charge in [-0.15, -0.1) is 0 Å². The summed E-state index contributed by atoms with van der Waals surface area (Å²) in [6.45, 7) is 4.39. The van der Waals surface area contributed by atoms with Gasteiger partial charge in [0.15, 0.2) is 0 Å². The van der Waals surface area contributed by atoms with Crippen LogP contribution in [0.1, 0.15) is 18.4 Å². The molecule has 0 amide bonds. The highest BCUT2D eigenvalue weighted by Gasteiger charge is 2.12. The second-order valence-electron chi connectivity index (χ2n) is 5.36. The van der Waals surface area contributed by atoms with E-state index in [0.29, 0.717) is 0 Å². The topological polar surface area (TPSA) is 37.0 Å². The molecule has 19 heavy (non-hydrogen) atoms. The number of nitrogens with one attached hydrogen (secondary N) is 2. The molecule has 0 aliphatic carbocycles. The Balaban J connectivity index is 1.62. The average molecular weight is 255 g/mol. The lowest BCUT2D eigenvalue weighted by molar-refractivity contribution is 0.360. The van der Waals surface area contributed by atoms with Gasteiger partial charge in [0.1, 0.15) is 0 Å². The molecule has 0 spiro atoms. The van der Waals surface area contributed by atoms with Crippen molar-refractivity contribution in [3.05, 3.63) is 42.2 Å². The van der Waals surface area contributed by atoms with E-state index in [1.54, 1.807) is 0 Å². The predicted octanol–water partition coefficient (Wildman–Crippen LogP) is 2.32. The van der Waals surface area contributed by atoms with Crippen LogP contribution in [0.25, 0.3) is 10.8 Å². The smallest absolute Gasteiger partial charge is 0.0346 e. The first-order valence-corrected chi connectivity index (χ1v) is 7.16. The molecule has 2 aromatic rings. The van der Waals surface area contributed by atoms with Gasteiger partial charge in [0.05, 0.1) is 0 Å². The SMILES string of the molecule is c1cc(CNCC2CCCNC2)c2ccncc2c1. The van der Waals surface area contributed by atoms with Crippen LogP contribution in [-0.2, 0) is 6.54 Å². The molecule has 3 nitrogen and oxygen atoms in total. The van der Waals surface area contributed by atoms with Crippen LogP contribution in [0.3, 0.4) is 0 Å². The number of rotatable bonds is 4. The van der Waals surface area contributed by atoms with Gasteiger partial charge in [-0.3, -0.25) is 4.98 Å². The molecule has 1 aliphatic rings. The highest BCUT2D eigenvalue weighted by Crippen LogP contribution is 2.17. The van der Waals surface area contributed by atoms with Crippen LogP contribution in [0, 0.1) is 5.92 Å². The highest BCUT2D eigenvalue weighted by atomic mass is 14.9. The van der Waals surface area contributed by atoms with E-state index in [4.69, 9.17) is 0 Å². The summed E-state index contributed by atoms with van der Waals surface area (Å²) in [7, 11) is 0. The van der Waals surface area contributed by atoms with Gasteiger partial charge in [-0.1, -0.05) is 18.2 Å². The molecular weight excluding hydrogens is 234 g/mol. The molecule has 2 heterocycles. The minimum absolute atomic E-state index is 0.783. The fourth-order valence-electron chi connectivity index (χ4n) is 2.85. The molecule has 100 valence electrons. The minimum Gasteiger partial charge on any atom is -0.316 e. The summed E-state index contributed by atoms with van der Waals surface area (Å²) in [5, 5.41) is 9.60. The van der Waals surface area contributed by atoms with Gasteiger partial charge in [-0.25, -0.2) is 0 Å². The number of benzene rings is 1. The summed E-state index contributed by atoms with van der Waals surface area (Å²) >= 11 is 0. The van der Waals surface area contributed by atoms with Crippen LogP contribution in [0.4, 0.5) is 0 Å². The van der Waals surface area contributed by atoms with Crippen LogP contribution in [0.15, 0.2) is 36.7 Å².